The fraction of sp³-hybridized carbons (Fsp3) is 0.333. The largest absolute Gasteiger partial charge is 0.493 e. The van der Waals surface area contributed by atoms with E-state index in [2.05, 4.69) is 5.10 Å². The molecule has 1 aromatic heterocycles. The van der Waals surface area contributed by atoms with E-state index in [9.17, 15) is 18.3 Å². The maximum atomic E-state index is 12.7. The Balaban J connectivity index is 2.10. The van der Waals surface area contributed by atoms with Crippen LogP contribution in [0.2, 0.25) is 5.02 Å². The lowest BCUT2D eigenvalue weighted by molar-refractivity contribution is -0.0806. The molecule has 1 aliphatic rings. The molecule has 0 aliphatic carbocycles. The first-order chi connectivity index (χ1) is 11.7. The molecule has 0 radical (unpaired) electrons. The molecule has 134 valence electrons. The molecule has 2 aromatic rings. The van der Waals surface area contributed by atoms with Crippen LogP contribution >= 0.6 is 11.6 Å². The van der Waals surface area contributed by atoms with Crippen LogP contribution in [-0.2, 0) is 21.6 Å². The van der Waals surface area contributed by atoms with Crippen molar-refractivity contribution in [2.75, 3.05) is 19.5 Å². The molecule has 1 N–H and O–H groups in total. The highest BCUT2D eigenvalue weighted by atomic mass is 35.5. The third-order valence-corrected chi connectivity index (χ3v) is 5.24. The number of halogens is 1. The van der Waals surface area contributed by atoms with Crippen LogP contribution in [-0.4, -0.2) is 54.7 Å². The Bertz CT molecular complexity index is 949. The van der Waals surface area contributed by atoms with Gasteiger partial charge in [0.2, 0.25) is 11.7 Å². The summed E-state index contributed by atoms with van der Waals surface area (Å²) in [7, 11) is -2.15. The topological polar surface area (TPSA) is 108 Å². The Hall–Kier alpha value is -2.10. The minimum absolute atomic E-state index is 0.00704. The summed E-state index contributed by atoms with van der Waals surface area (Å²) in [5.74, 6) is -1.000. The molecule has 1 aromatic carbocycles. The Morgan fingerprint density at radius 2 is 2.08 bits per heavy atom. The number of hydrogen-bond acceptors (Lipinski definition) is 7. The van der Waals surface area contributed by atoms with Gasteiger partial charge in [0.05, 0.1) is 24.4 Å². The summed E-state index contributed by atoms with van der Waals surface area (Å²) in [6, 6.07) is 2.55. The van der Waals surface area contributed by atoms with E-state index in [1.807, 2.05) is 0 Å². The van der Waals surface area contributed by atoms with E-state index in [4.69, 9.17) is 21.1 Å². The van der Waals surface area contributed by atoms with E-state index >= 15 is 0 Å². The van der Waals surface area contributed by atoms with Crippen molar-refractivity contribution in [1.29, 1.82) is 0 Å². The van der Waals surface area contributed by atoms with E-state index in [0.29, 0.717) is 13.2 Å². The van der Waals surface area contributed by atoms with Crippen molar-refractivity contribution in [1.82, 2.24) is 9.78 Å². The summed E-state index contributed by atoms with van der Waals surface area (Å²) in [5, 5.41) is 13.6. The monoisotopic (exact) mass is 386 g/mol. The van der Waals surface area contributed by atoms with Gasteiger partial charge in [-0.25, -0.2) is 13.1 Å². The molecule has 1 saturated heterocycles. The van der Waals surface area contributed by atoms with Gasteiger partial charge < -0.3 is 14.6 Å². The smallest absolute Gasteiger partial charge is 0.220 e. The summed E-state index contributed by atoms with van der Waals surface area (Å²) in [4.78, 5) is 12.5. The van der Waals surface area contributed by atoms with Crippen molar-refractivity contribution < 1.29 is 27.8 Å². The SMILES string of the molecule is Cn1ncc(C(=O)c2ccc(S(C)(=O)=O)c(OC3COC3)c2Cl)c1O. The van der Waals surface area contributed by atoms with Gasteiger partial charge in [0.15, 0.2) is 15.6 Å². The summed E-state index contributed by atoms with van der Waals surface area (Å²) in [6.07, 6.45) is 1.89. The van der Waals surface area contributed by atoms with Crippen LogP contribution in [0.1, 0.15) is 15.9 Å². The van der Waals surface area contributed by atoms with Crippen LogP contribution in [0.5, 0.6) is 11.6 Å². The fourth-order valence-electron chi connectivity index (χ4n) is 2.30. The van der Waals surface area contributed by atoms with Crippen LogP contribution < -0.4 is 4.74 Å². The molecule has 0 spiro atoms. The van der Waals surface area contributed by atoms with Crippen molar-refractivity contribution in [2.45, 2.75) is 11.0 Å². The lowest BCUT2D eigenvalue weighted by atomic mass is 10.1. The van der Waals surface area contributed by atoms with Crippen molar-refractivity contribution in [3.8, 4) is 11.6 Å². The van der Waals surface area contributed by atoms with Crippen LogP contribution in [0, 0.1) is 0 Å². The van der Waals surface area contributed by atoms with E-state index in [1.165, 1.54) is 25.4 Å². The predicted octanol–water partition coefficient (Wildman–Crippen LogP) is 1.19. The standard InChI is InChI=1S/C15H15ClN2O6S/c1-18-15(20)10(5-17-18)13(19)9-3-4-11(25(2,21)22)14(12(9)16)24-8-6-23-7-8/h3-5,8,20H,6-7H2,1-2H3. The zero-order valence-corrected chi connectivity index (χ0v) is 15.0. The van der Waals surface area contributed by atoms with E-state index in [-0.39, 0.29) is 38.8 Å². The fourth-order valence-corrected chi connectivity index (χ4v) is 3.45. The van der Waals surface area contributed by atoms with Gasteiger partial charge >= 0.3 is 0 Å². The maximum absolute atomic E-state index is 12.7. The Morgan fingerprint density at radius 1 is 1.40 bits per heavy atom. The van der Waals surface area contributed by atoms with Gasteiger partial charge in [-0.05, 0) is 12.1 Å². The number of carbonyl (C=O) groups is 1. The molecule has 1 aliphatic heterocycles. The number of benzene rings is 1. The third kappa shape index (κ3) is 3.22. The average molecular weight is 387 g/mol. The second-order valence-corrected chi connectivity index (χ2v) is 8.00. The quantitative estimate of drug-likeness (QED) is 0.769. The number of ketones is 1. The van der Waals surface area contributed by atoms with Crippen molar-refractivity contribution in [2.24, 2.45) is 7.05 Å². The molecular weight excluding hydrogens is 372 g/mol. The molecule has 1 fully saturated rings. The highest BCUT2D eigenvalue weighted by Crippen LogP contribution is 2.38. The van der Waals surface area contributed by atoms with E-state index in [0.717, 1.165) is 10.9 Å². The molecule has 25 heavy (non-hydrogen) atoms. The molecule has 0 amide bonds. The summed E-state index contributed by atoms with van der Waals surface area (Å²) >= 11 is 6.29. The number of ether oxygens (including phenoxy) is 2. The maximum Gasteiger partial charge on any atom is 0.220 e. The Kier molecular flexibility index (Phi) is 4.48. The zero-order valence-electron chi connectivity index (χ0n) is 13.4. The minimum Gasteiger partial charge on any atom is -0.493 e. The second-order valence-electron chi connectivity index (χ2n) is 5.64. The molecule has 0 unspecified atom stereocenters. The molecule has 3 rings (SSSR count). The summed E-state index contributed by atoms with van der Waals surface area (Å²) < 4.78 is 35.8. The highest BCUT2D eigenvalue weighted by Gasteiger charge is 2.29. The first-order valence-corrected chi connectivity index (χ1v) is 9.49. The molecule has 8 nitrogen and oxygen atoms in total. The first kappa shape index (κ1) is 17.7. The second kappa shape index (κ2) is 6.32. The van der Waals surface area contributed by atoms with Crippen molar-refractivity contribution in [3.05, 3.63) is 34.5 Å². The Morgan fingerprint density at radius 3 is 2.56 bits per heavy atom. The zero-order chi connectivity index (χ0) is 18.4. The third-order valence-electron chi connectivity index (χ3n) is 3.75. The van der Waals surface area contributed by atoms with Crippen molar-refractivity contribution >= 4 is 27.2 Å². The molecular formula is C15H15ClN2O6S. The number of aromatic nitrogens is 2. The van der Waals surface area contributed by atoms with Gasteiger partial charge in [-0.15, -0.1) is 0 Å². The molecule has 10 heteroatoms. The minimum atomic E-state index is -3.62. The lowest BCUT2D eigenvalue weighted by Gasteiger charge is -2.28. The molecule has 0 atom stereocenters. The van der Waals surface area contributed by atoms with E-state index < -0.39 is 15.6 Å². The van der Waals surface area contributed by atoms with Gasteiger partial charge in [-0.3, -0.25) is 4.79 Å². The number of nitrogens with zero attached hydrogens (tertiary/aromatic N) is 2. The number of carbonyl (C=O) groups excluding carboxylic acids is 1. The number of rotatable bonds is 5. The van der Waals surface area contributed by atoms with Gasteiger partial charge in [-0.1, -0.05) is 11.6 Å². The molecule has 0 bridgehead atoms. The van der Waals surface area contributed by atoms with Gasteiger partial charge in [0.1, 0.15) is 16.6 Å². The van der Waals surface area contributed by atoms with Crippen LogP contribution in [0.4, 0.5) is 0 Å². The highest BCUT2D eigenvalue weighted by molar-refractivity contribution is 7.90. The van der Waals surface area contributed by atoms with Crippen molar-refractivity contribution in [3.63, 3.8) is 0 Å². The number of aryl methyl sites for hydroxylation is 1. The lowest BCUT2D eigenvalue weighted by Crippen LogP contribution is -2.39. The van der Waals surface area contributed by atoms with E-state index in [1.54, 1.807) is 0 Å². The molecule has 0 saturated carbocycles. The first-order valence-electron chi connectivity index (χ1n) is 7.22. The Labute approximate surface area is 148 Å². The number of sulfone groups is 1. The summed E-state index contributed by atoms with van der Waals surface area (Å²) in [5.41, 5.74) is -0.0398. The molecule has 2 heterocycles. The van der Waals surface area contributed by atoms with Crippen LogP contribution in [0.25, 0.3) is 0 Å². The predicted molar refractivity (Wildman–Crippen MR) is 88.1 cm³/mol. The average Bonchev–Trinajstić information content (AvgIpc) is 2.82. The normalized spacial score (nSPS) is 15.0. The number of aromatic hydroxyl groups is 1. The van der Waals surface area contributed by atoms with Crippen LogP contribution in [0.3, 0.4) is 0 Å². The van der Waals surface area contributed by atoms with Crippen LogP contribution in [0.15, 0.2) is 23.2 Å². The van der Waals surface area contributed by atoms with Gasteiger partial charge in [0.25, 0.3) is 0 Å². The van der Waals surface area contributed by atoms with Gasteiger partial charge in [0, 0.05) is 18.9 Å². The number of hydrogen-bond donors (Lipinski definition) is 1. The van der Waals surface area contributed by atoms with Gasteiger partial charge in [-0.2, -0.15) is 5.10 Å². The summed E-state index contributed by atoms with van der Waals surface area (Å²) in [6.45, 7) is 0.613.